The quantitative estimate of drug-likeness (QED) is 0.722. The van der Waals surface area contributed by atoms with Gasteiger partial charge in [-0.2, -0.15) is 5.26 Å². The van der Waals surface area contributed by atoms with Gasteiger partial charge in [-0.05, 0) is 30.9 Å². The molecule has 0 N–H and O–H groups in total. The number of hydrogen-bond acceptors (Lipinski definition) is 3. The molecule has 4 heteroatoms. The summed E-state index contributed by atoms with van der Waals surface area (Å²) in [6.07, 6.45) is 0.825. The molecule has 1 aromatic carbocycles. The van der Waals surface area contributed by atoms with Crippen molar-refractivity contribution in [3.63, 3.8) is 0 Å². The summed E-state index contributed by atoms with van der Waals surface area (Å²) in [6, 6.07) is 5.91. The Hall–Kier alpha value is -1.47. The van der Waals surface area contributed by atoms with Gasteiger partial charge in [-0.3, -0.25) is 0 Å². The van der Waals surface area contributed by atoms with Crippen LogP contribution in [0.4, 0.5) is 4.39 Å². The van der Waals surface area contributed by atoms with Crippen LogP contribution in [0.25, 0.3) is 0 Å². The van der Waals surface area contributed by atoms with Gasteiger partial charge in [0.25, 0.3) is 0 Å². The van der Waals surface area contributed by atoms with Crippen LogP contribution in [-0.4, -0.2) is 11.9 Å². The summed E-state index contributed by atoms with van der Waals surface area (Å²) < 4.78 is 18.7. The Bertz CT molecular complexity index is 428. The third-order valence-corrected chi connectivity index (χ3v) is 2.80. The first kappa shape index (κ1) is 13.6. The third kappa shape index (κ3) is 4.92. The van der Waals surface area contributed by atoms with Gasteiger partial charge in [-0.15, -0.1) is 11.8 Å². The zero-order valence-electron chi connectivity index (χ0n) is 9.65. The first-order chi connectivity index (χ1) is 8.15. The number of hydrogen-bond donors (Lipinski definition) is 0. The lowest BCUT2D eigenvalue weighted by Gasteiger charge is -2.14. The summed E-state index contributed by atoms with van der Waals surface area (Å²) in [5.41, 5.74) is 0.271. The maximum Gasteiger partial charge on any atom is 0.128 e. The summed E-state index contributed by atoms with van der Waals surface area (Å²) in [4.78, 5) is 0. The predicted molar refractivity (Wildman–Crippen MR) is 68.5 cm³/mol. The fourth-order valence-corrected chi connectivity index (χ4v) is 1.94. The minimum atomic E-state index is -0.452. The summed E-state index contributed by atoms with van der Waals surface area (Å²) in [7, 11) is 0. The van der Waals surface area contributed by atoms with E-state index in [9.17, 15) is 4.39 Å². The van der Waals surface area contributed by atoms with Crippen molar-refractivity contribution < 1.29 is 9.13 Å². The monoisotopic (exact) mass is 251 g/mol. The summed E-state index contributed by atoms with van der Waals surface area (Å²) in [5.74, 6) is 0.856. The predicted octanol–water partition coefficient (Wildman–Crippen LogP) is 3.73. The van der Waals surface area contributed by atoms with Gasteiger partial charge in [0.2, 0.25) is 0 Å². The van der Waals surface area contributed by atoms with E-state index >= 15 is 0 Å². The number of halogens is 1. The van der Waals surface area contributed by atoms with Crippen molar-refractivity contribution in [1.29, 1.82) is 5.26 Å². The molecule has 1 unspecified atom stereocenters. The summed E-state index contributed by atoms with van der Waals surface area (Å²) >= 11 is 1.62. The highest BCUT2D eigenvalue weighted by atomic mass is 32.2. The molecule has 1 aromatic rings. The Kier molecular flexibility index (Phi) is 5.58. The van der Waals surface area contributed by atoms with E-state index in [2.05, 4.69) is 6.58 Å². The van der Waals surface area contributed by atoms with Crippen molar-refractivity contribution in [1.82, 2.24) is 0 Å². The Morgan fingerprint density at radius 1 is 1.59 bits per heavy atom. The van der Waals surface area contributed by atoms with Gasteiger partial charge in [0.1, 0.15) is 11.6 Å². The van der Waals surface area contributed by atoms with Crippen LogP contribution < -0.4 is 4.74 Å². The van der Waals surface area contributed by atoms with Crippen molar-refractivity contribution in [3.8, 4) is 11.8 Å². The molecule has 0 saturated heterocycles. The standard InChI is InChI=1S/C13H14FNOS/c1-3-17-5-4-10(2)16-13-7-11(9-15)6-12(14)8-13/h3,6-8,10H,1,4-5H2,2H3. The molecule has 0 aliphatic carbocycles. The highest BCUT2D eigenvalue weighted by Gasteiger charge is 2.06. The van der Waals surface area contributed by atoms with Crippen LogP contribution in [0, 0.1) is 17.1 Å². The molecule has 0 bridgehead atoms. The van der Waals surface area contributed by atoms with Crippen LogP contribution in [0.2, 0.25) is 0 Å². The fourth-order valence-electron chi connectivity index (χ4n) is 1.30. The van der Waals surface area contributed by atoms with Crippen molar-refractivity contribution in [2.45, 2.75) is 19.4 Å². The minimum absolute atomic E-state index is 0.0178. The van der Waals surface area contributed by atoms with E-state index in [0.717, 1.165) is 12.2 Å². The number of nitrogens with zero attached hydrogens (tertiary/aromatic N) is 1. The third-order valence-electron chi connectivity index (χ3n) is 2.10. The summed E-state index contributed by atoms with van der Waals surface area (Å²) in [5, 5.41) is 10.5. The topological polar surface area (TPSA) is 33.0 Å². The number of thioether (sulfide) groups is 1. The molecule has 2 nitrogen and oxygen atoms in total. The molecule has 17 heavy (non-hydrogen) atoms. The largest absolute Gasteiger partial charge is 0.491 e. The highest BCUT2D eigenvalue weighted by Crippen LogP contribution is 2.18. The lowest BCUT2D eigenvalue weighted by atomic mass is 10.2. The molecule has 90 valence electrons. The molecule has 0 heterocycles. The van der Waals surface area contributed by atoms with Gasteiger partial charge >= 0.3 is 0 Å². The Labute approximate surface area is 105 Å². The average Bonchev–Trinajstić information content (AvgIpc) is 2.28. The first-order valence-corrected chi connectivity index (χ1v) is 6.30. The van der Waals surface area contributed by atoms with Crippen LogP contribution in [0.3, 0.4) is 0 Å². The van der Waals surface area contributed by atoms with E-state index in [1.807, 2.05) is 13.0 Å². The zero-order chi connectivity index (χ0) is 12.7. The van der Waals surface area contributed by atoms with Crippen LogP contribution in [0.1, 0.15) is 18.9 Å². The maximum absolute atomic E-state index is 13.1. The average molecular weight is 251 g/mol. The fraction of sp³-hybridized carbons (Fsp3) is 0.308. The molecule has 0 aliphatic heterocycles. The van der Waals surface area contributed by atoms with Gasteiger partial charge < -0.3 is 4.74 Å². The molecule has 1 atom stereocenters. The Balaban J connectivity index is 2.58. The van der Waals surface area contributed by atoms with E-state index in [0.29, 0.717) is 5.75 Å². The summed E-state index contributed by atoms with van der Waals surface area (Å²) in [6.45, 7) is 5.53. The van der Waals surface area contributed by atoms with E-state index in [1.165, 1.54) is 12.1 Å². The molecule has 0 saturated carbocycles. The second kappa shape index (κ2) is 6.97. The van der Waals surface area contributed by atoms with Crippen LogP contribution in [0.5, 0.6) is 5.75 Å². The van der Waals surface area contributed by atoms with Crippen LogP contribution in [-0.2, 0) is 0 Å². The highest BCUT2D eigenvalue weighted by molar-refractivity contribution is 8.02. The number of rotatable bonds is 6. The molecule has 1 rings (SSSR count). The first-order valence-electron chi connectivity index (χ1n) is 5.25. The lowest BCUT2D eigenvalue weighted by molar-refractivity contribution is 0.218. The number of nitriles is 1. The van der Waals surface area contributed by atoms with Gasteiger partial charge in [0.15, 0.2) is 0 Å². The van der Waals surface area contributed by atoms with Crippen molar-refractivity contribution in [2.75, 3.05) is 5.75 Å². The second-order valence-corrected chi connectivity index (χ2v) is 4.62. The molecule has 0 fully saturated rings. The van der Waals surface area contributed by atoms with E-state index in [4.69, 9.17) is 10.00 Å². The lowest BCUT2D eigenvalue weighted by Crippen LogP contribution is -2.12. The van der Waals surface area contributed by atoms with Gasteiger partial charge in [0, 0.05) is 11.8 Å². The van der Waals surface area contributed by atoms with E-state index < -0.39 is 5.82 Å². The van der Waals surface area contributed by atoms with E-state index in [1.54, 1.807) is 23.2 Å². The van der Waals surface area contributed by atoms with Gasteiger partial charge in [-0.1, -0.05) is 6.58 Å². The number of benzene rings is 1. The molecule has 0 radical (unpaired) electrons. The number of ether oxygens (including phenoxy) is 1. The van der Waals surface area contributed by atoms with Crippen molar-refractivity contribution in [2.24, 2.45) is 0 Å². The molecule has 0 amide bonds. The Morgan fingerprint density at radius 3 is 3.00 bits per heavy atom. The van der Waals surface area contributed by atoms with Crippen molar-refractivity contribution in [3.05, 3.63) is 41.6 Å². The van der Waals surface area contributed by atoms with Crippen molar-refractivity contribution >= 4 is 11.8 Å². The van der Waals surface area contributed by atoms with E-state index in [-0.39, 0.29) is 11.7 Å². The SMILES string of the molecule is C=CSCCC(C)Oc1cc(F)cc(C#N)c1. The minimum Gasteiger partial charge on any atom is -0.491 e. The maximum atomic E-state index is 13.1. The van der Waals surface area contributed by atoms with Gasteiger partial charge in [-0.25, -0.2) is 4.39 Å². The smallest absolute Gasteiger partial charge is 0.128 e. The van der Waals surface area contributed by atoms with Gasteiger partial charge in [0.05, 0.1) is 17.7 Å². The van der Waals surface area contributed by atoms with Crippen LogP contribution in [0.15, 0.2) is 30.2 Å². The normalized spacial score (nSPS) is 11.6. The second-order valence-electron chi connectivity index (χ2n) is 3.54. The molecule has 0 aromatic heterocycles. The van der Waals surface area contributed by atoms with Crippen LogP contribution >= 0.6 is 11.8 Å². The molecule has 0 aliphatic rings. The molecular formula is C13H14FNOS. The zero-order valence-corrected chi connectivity index (χ0v) is 10.5. The Morgan fingerprint density at radius 2 is 2.35 bits per heavy atom. The molecular weight excluding hydrogens is 237 g/mol. The molecule has 0 spiro atoms.